The summed E-state index contributed by atoms with van der Waals surface area (Å²) in [6.07, 6.45) is 0.0983. The Morgan fingerprint density at radius 1 is 1.27 bits per heavy atom. The lowest BCUT2D eigenvalue weighted by molar-refractivity contribution is 0.285. The molecule has 0 fully saturated rings. The summed E-state index contributed by atoms with van der Waals surface area (Å²) >= 11 is 15.4. The SMILES string of the molecule is CC(C)(C)CN(CCC#N)S(=O)(=O)c1c(Cl)cc(Br)cc1Cl. The van der Waals surface area contributed by atoms with Gasteiger partial charge in [0.2, 0.25) is 10.0 Å². The molecule has 0 bridgehead atoms. The van der Waals surface area contributed by atoms with Gasteiger partial charge in [-0.1, -0.05) is 59.9 Å². The summed E-state index contributed by atoms with van der Waals surface area (Å²) < 4.78 is 27.7. The summed E-state index contributed by atoms with van der Waals surface area (Å²) in [6.45, 7) is 6.13. The van der Waals surface area contributed by atoms with Crippen LogP contribution in [0.5, 0.6) is 0 Å². The Labute approximate surface area is 150 Å². The van der Waals surface area contributed by atoms with Gasteiger partial charge in [-0.25, -0.2) is 8.42 Å². The molecule has 22 heavy (non-hydrogen) atoms. The third kappa shape index (κ3) is 5.10. The van der Waals surface area contributed by atoms with Crippen LogP contribution >= 0.6 is 39.1 Å². The largest absolute Gasteiger partial charge is 0.246 e. The zero-order valence-electron chi connectivity index (χ0n) is 12.5. The maximum absolute atomic E-state index is 12.9. The first-order valence-corrected chi connectivity index (χ1v) is 9.49. The van der Waals surface area contributed by atoms with Crippen molar-refractivity contribution in [2.24, 2.45) is 5.41 Å². The topological polar surface area (TPSA) is 61.2 Å². The van der Waals surface area contributed by atoms with Gasteiger partial charge in [0.1, 0.15) is 4.90 Å². The molecular formula is C14H17BrCl2N2O2S. The number of rotatable bonds is 5. The molecule has 0 amide bonds. The van der Waals surface area contributed by atoms with Crippen molar-refractivity contribution in [3.05, 3.63) is 26.7 Å². The van der Waals surface area contributed by atoms with Gasteiger partial charge in [-0.15, -0.1) is 0 Å². The Bertz CT molecular complexity index is 671. The molecule has 0 atom stereocenters. The molecule has 0 heterocycles. The Balaban J connectivity index is 3.37. The number of hydrogen-bond donors (Lipinski definition) is 0. The van der Waals surface area contributed by atoms with E-state index >= 15 is 0 Å². The van der Waals surface area contributed by atoms with Crippen molar-refractivity contribution in [1.82, 2.24) is 4.31 Å². The summed E-state index contributed by atoms with van der Waals surface area (Å²) in [7, 11) is -3.89. The van der Waals surface area contributed by atoms with E-state index in [2.05, 4.69) is 15.9 Å². The van der Waals surface area contributed by atoms with E-state index in [-0.39, 0.29) is 39.9 Å². The van der Waals surface area contributed by atoms with E-state index in [4.69, 9.17) is 28.5 Å². The van der Waals surface area contributed by atoms with Crippen LogP contribution in [0, 0.1) is 16.7 Å². The molecule has 1 aromatic rings. The molecule has 4 nitrogen and oxygen atoms in total. The molecule has 0 aliphatic heterocycles. The van der Waals surface area contributed by atoms with Crippen molar-refractivity contribution >= 4 is 49.2 Å². The van der Waals surface area contributed by atoms with Gasteiger partial charge >= 0.3 is 0 Å². The number of halogens is 3. The second-order valence-electron chi connectivity index (χ2n) is 6.01. The van der Waals surface area contributed by atoms with Crippen LogP contribution in [0.15, 0.2) is 21.5 Å². The van der Waals surface area contributed by atoms with E-state index in [1.165, 1.54) is 16.4 Å². The molecular weight excluding hydrogens is 411 g/mol. The zero-order valence-corrected chi connectivity index (χ0v) is 16.4. The minimum Gasteiger partial charge on any atom is -0.207 e. The smallest absolute Gasteiger partial charge is 0.207 e. The van der Waals surface area contributed by atoms with Gasteiger partial charge in [0.05, 0.1) is 16.1 Å². The first-order chi connectivity index (χ1) is 9.99. The van der Waals surface area contributed by atoms with Crippen molar-refractivity contribution in [1.29, 1.82) is 5.26 Å². The molecule has 1 aromatic carbocycles. The Hall–Kier alpha value is -0.320. The predicted molar refractivity (Wildman–Crippen MR) is 92.6 cm³/mol. The van der Waals surface area contributed by atoms with E-state index in [1.807, 2.05) is 26.8 Å². The van der Waals surface area contributed by atoms with E-state index in [1.54, 1.807) is 0 Å². The summed E-state index contributed by atoms with van der Waals surface area (Å²) in [5.74, 6) is 0. The molecule has 0 aromatic heterocycles. The monoisotopic (exact) mass is 426 g/mol. The van der Waals surface area contributed by atoms with Crippen LogP contribution in [0.25, 0.3) is 0 Å². The molecule has 0 saturated heterocycles. The lowest BCUT2D eigenvalue weighted by atomic mass is 9.97. The maximum atomic E-state index is 12.9. The second kappa shape index (κ2) is 7.50. The molecule has 0 spiro atoms. The number of nitriles is 1. The van der Waals surface area contributed by atoms with Gasteiger partial charge in [0.15, 0.2) is 0 Å². The first kappa shape index (κ1) is 19.7. The van der Waals surface area contributed by atoms with Gasteiger partial charge in [-0.3, -0.25) is 0 Å². The third-order valence-corrected chi connectivity index (χ3v) is 5.91. The number of nitrogens with zero attached hydrogens (tertiary/aromatic N) is 2. The van der Waals surface area contributed by atoms with Gasteiger partial charge in [0, 0.05) is 24.0 Å². The highest BCUT2D eigenvalue weighted by atomic mass is 79.9. The van der Waals surface area contributed by atoms with Crippen molar-refractivity contribution < 1.29 is 8.42 Å². The quantitative estimate of drug-likeness (QED) is 0.683. The fraction of sp³-hybridized carbons (Fsp3) is 0.500. The van der Waals surface area contributed by atoms with Crippen LogP contribution < -0.4 is 0 Å². The highest BCUT2D eigenvalue weighted by molar-refractivity contribution is 9.10. The van der Waals surface area contributed by atoms with Crippen LogP contribution in [0.3, 0.4) is 0 Å². The molecule has 0 radical (unpaired) electrons. The fourth-order valence-electron chi connectivity index (χ4n) is 1.89. The Morgan fingerprint density at radius 3 is 2.18 bits per heavy atom. The van der Waals surface area contributed by atoms with Crippen LogP contribution in [0.4, 0.5) is 0 Å². The van der Waals surface area contributed by atoms with Crippen molar-refractivity contribution in [3.63, 3.8) is 0 Å². The average Bonchev–Trinajstić information content (AvgIpc) is 2.31. The molecule has 8 heteroatoms. The van der Waals surface area contributed by atoms with Gasteiger partial charge in [0.25, 0.3) is 0 Å². The van der Waals surface area contributed by atoms with E-state index < -0.39 is 10.0 Å². The number of hydrogen-bond acceptors (Lipinski definition) is 3. The predicted octanol–water partition coefficient (Wildman–Crippen LogP) is 4.71. The minimum atomic E-state index is -3.89. The summed E-state index contributed by atoms with van der Waals surface area (Å²) in [5, 5.41) is 8.87. The number of sulfonamides is 1. The summed E-state index contributed by atoms with van der Waals surface area (Å²) in [6, 6.07) is 4.94. The molecule has 1 rings (SSSR count). The lowest BCUT2D eigenvalue weighted by Crippen LogP contribution is -2.38. The average molecular weight is 428 g/mol. The van der Waals surface area contributed by atoms with E-state index in [0.29, 0.717) is 4.47 Å². The maximum Gasteiger partial charge on any atom is 0.246 e. The van der Waals surface area contributed by atoms with Crippen LogP contribution in [-0.4, -0.2) is 25.8 Å². The van der Waals surface area contributed by atoms with E-state index in [0.717, 1.165) is 0 Å². The standard InChI is InChI=1S/C14H17BrCl2N2O2S/c1-14(2,3)9-19(6-4-5-18)22(20,21)13-11(16)7-10(15)8-12(13)17/h7-8H,4,6,9H2,1-3H3. The van der Waals surface area contributed by atoms with E-state index in [9.17, 15) is 8.42 Å². The molecule has 0 N–H and O–H groups in total. The van der Waals surface area contributed by atoms with Crippen molar-refractivity contribution in [2.45, 2.75) is 32.1 Å². The molecule has 0 aliphatic rings. The van der Waals surface area contributed by atoms with Gasteiger partial charge in [-0.05, 0) is 17.5 Å². The summed E-state index contributed by atoms with van der Waals surface area (Å²) in [4.78, 5) is -0.124. The minimum absolute atomic E-state index is 0.0511. The first-order valence-electron chi connectivity index (χ1n) is 6.50. The molecule has 0 aliphatic carbocycles. The van der Waals surface area contributed by atoms with Crippen LogP contribution in [-0.2, 0) is 10.0 Å². The normalized spacial score (nSPS) is 12.5. The van der Waals surface area contributed by atoms with Gasteiger partial charge in [-0.2, -0.15) is 9.57 Å². The lowest BCUT2D eigenvalue weighted by Gasteiger charge is -2.29. The van der Waals surface area contributed by atoms with Crippen LogP contribution in [0.1, 0.15) is 27.2 Å². The van der Waals surface area contributed by atoms with Crippen molar-refractivity contribution in [3.8, 4) is 6.07 Å². The molecule has 0 saturated carbocycles. The fourth-order valence-corrected chi connectivity index (χ4v) is 5.44. The molecule has 0 unspecified atom stereocenters. The highest BCUT2D eigenvalue weighted by Crippen LogP contribution is 2.35. The Morgan fingerprint density at radius 2 is 1.77 bits per heavy atom. The number of benzene rings is 1. The summed E-state index contributed by atoms with van der Waals surface area (Å²) in [5.41, 5.74) is -0.267. The van der Waals surface area contributed by atoms with Crippen LogP contribution in [0.2, 0.25) is 10.0 Å². The third-order valence-electron chi connectivity index (χ3n) is 2.68. The second-order valence-corrected chi connectivity index (χ2v) is 9.61. The molecule has 122 valence electrons. The zero-order chi connectivity index (χ0) is 17.1. The van der Waals surface area contributed by atoms with Crippen molar-refractivity contribution in [2.75, 3.05) is 13.1 Å². The highest BCUT2D eigenvalue weighted by Gasteiger charge is 2.32. The Kier molecular flexibility index (Phi) is 6.72. The van der Waals surface area contributed by atoms with Gasteiger partial charge < -0.3 is 0 Å².